The number of unbranched alkanes of at least 4 members (excludes halogenated alkanes) is 2. The Morgan fingerprint density at radius 2 is 1.85 bits per heavy atom. The molecule has 1 amide bonds. The fraction of sp³-hybridized carbons (Fsp3) is 0.688. The number of benzene rings is 1. The van der Waals surface area contributed by atoms with Gasteiger partial charge in [0.15, 0.2) is 11.5 Å². The van der Waals surface area contributed by atoms with Gasteiger partial charge in [-0.15, -0.1) is 0 Å². The number of ether oxygens (including phenoxy) is 3. The number of carboxylic acid groups (broad SMARTS) is 1. The van der Waals surface area contributed by atoms with Crippen molar-refractivity contribution in [1.29, 1.82) is 0 Å². The summed E-state index contributed by atoms with van der Waals surface area (Å²) in [6.45, 7) is 11.6. The number of amides is 1. The lowest BCUT2D eigenvalue weighted by Gasteiger charge is -2.34. The van der Waals surface area contributed by atoms with Gasteiger partial charge in [-0.1, -0.05) is 39.3 Å². The highest BCUT2D eigenvalue weighted by molar-refractivity contribution is 5.79. The second-order valence-electron chi connectivity index (χ2n) is 12.4. The molecule has 1 aromatic carbocycles. The lowest BCUT2D eigenvalue weighted by atomic mass is 9.77. The molecule has 0 spiro atoms. The topological polar surface area (TPSA) is 91.8 Å². The van der Waals surface area contributed by atoms with E-state index in [1.807, 2.05) is 30.0 Å². The van der Waals surface area contributed by atoms with Crippen molar-refractivity contribution in [3.63, 3.8) is 0 Å². The van der Waals surface area contributed by atoms with Crippen LogP contribution in [0.2, 0.25) is 0 Å². The Balaban J connectivity index is 1.92. The van der Waals surface area contributed by atoms with Gasteiger partial charge in [-0.05, 0) is 76.4 Å². The van der Waals surface area contributed by atoms with Crippen molar-refractivity contribution < 1.29 is 28.9 Å². The first-order chi connectivity index (χ1) is 19.5. The summed E-state index contributed by atoms with van der Waals surface area (Å²) in [5.41, 5.74) is 0.595. The molecule has 1 fully saturated rings. The van der Waals surface area contributed by atoms with Gasteiger partial charge in [0, 0.05) is 31.6 Å². The van der Waals surface area contributed by atoms with Gasteiger partial charge < -0.3 is 29.1 Å². The SMILES string of the molecule is C/C=C/C(C)(C)CC1C(C(=O)O)C(c2cc(OC)c3c(c2)OCO3)CN1CC(=O)N(CCCC)CCCCN(C)C. The van der Waals surface area contributed by atoms with Gasteiger partial charge in [0.1, 0.15) is 0 Å². The Morgan fingerprint density at radius 1 is 1.15 bits per heavy atom. The van der Waals surface area contributed by atoms with Crippen LogP contribution in [0.15, 0.2) is 24.3 Å². The maximum atomic E-state index is 13.8. The number of hydrogen-bond donors (Lipinski definition) is 1. The first kappa shape index (κ1) is 32.7. The average Bonchev–Trinajstić information content (AvgIpc) is 3.52. The second kappa shape index (κ2) is 14.9. The molecule has 0 saturated carbocycles. The molecule has 3 atom stereocenters. The molecule has 230 valence electrons. The normalized spacial score (nSPS) is 20.7. The Hall–Kier alpha value is -2.78. The van der Waals surface area contributed by atoms with Crippen LogP contribution < -0.4 is 14.2 Å². The summed E-state index contributed by atoms with van der Waals surface area (Å²) in [5, 5.41) is 10.6. The number of carbonyl (C=O) groups excluding carboxylic acids is 1. The molecule has 0 bridgehead atoms. The van der Waals surface area contributed by atoms with Crippen molar-refractivity contribution in [1.82, 2.24) is 14.7 Å². The summed E-state index contributed by atoms with van der Waals surface area (Å²) in [4.78, 5) is 33.0. The number of allylic oxidation sites excluding steroid dienone is 2. The van der Waals surface area contributed by atoms with E-state index >= 15 is 0 Å². The Kier molecular flexibility index (Phi) is 11.9. The molecule has 3 unspecified atom stereocenters. The standard InChI is InChI=1S/C32H51N3O6/c1-8-10-15-34(16-12-11-14-33(5)6)28(36)21-35-20-24(23-17-26(39-7)30-27(18-23)40-22-41-30)29(31(37)38)25(35)19-32(3,4)13-9-2/h9,13,17-18,24-25,29H,8,10-12,14-16,19-22H2,1-7H3,(H,37,38)/b13-9+. The quantitative estimate of drug-likeness (QED) is 0.222. The number of carbonyl (C=O) groups is 2. The molecule has 0 radical (unpaired) electrons. The van der Waals surface area contributed by atoms with E-state index in [2.05, 4.69) is 50.7 Å². The van der Waals surface area contributed by atoms with Crippen molar-refractivity contribution in [2.24, 2.45) is 11.3 Å². The summed E-state index contributed by atoms with van der Waals surface area (Å²) in [6, 6.07) is 3.43. The van der Waals surface area contributed by atoms with Crippen molar-refractivity contribution in [3.8, 4) is 17.2 Å². The molecule has 1 N–H and O–H groups in total. The maximum Gasteiger partial charge on any atom is 0.308 e. The zero-order valence-electron chi connectivity index (χ0n) is 26.1. The third-order valence-electron chi connectivity index (χ3n) is 8.25. The lowest BCUT2D eigenvalue weighted by molar-refractivity contribution is -0.144. The van der Waals surface area contributed by atoms with Crippen molar-refractivity contribution in [3.05, 3.63) is 29.8 Å². The number of aliphatic carboxylic acids is 1. The first-order valence-electron chi connectivity index (χ1n) is 15.0. The molecule has 0 aliphatic carbocycles. The van der Waals surface area contributed by atoms with Gasteiger partial charge in [0.2, 0.25) is 18.4 Å². The molecule has 1 aromatic rings. The summed E-state index contributed by atoms with van der Waals surface area (Å²) < 4.78 is 16.8. The van der Waals surface area contributed by atoms with E-state index in [9.17, 15) is 14.7 Å². The van der Waals surface area contributed by atoms with E-state index in [1.54, 1.807) is 7.11 Å². The smallest absolute Gasteiger partial charge is 0.308 e. The highest BCUT2D eigenvalue weighted by atomic mass is 16.7. The highest BCUT2D eigenvalue weighted by Gasteiger charge is 2.49. The number of likely N-dealkylation sites (tertiary alicyclic amines) is 1. The van der Waals surface area contributed by atoms with Crippen LogP contribution in [-0.2, 0) is 9.59 Å². The zero-order valence-corrected chi connectivity index (χ0v) is 26.1. The zero-order chi connectivity index (χ0) is 30.2. The third-order valence-corrected chi connectivity index (χ3v) is 8.25. The summed E-state index contributed by atoms with van der Waals surface area (Å²) in [5.74, 6) is -0.171. The molecule has 9 nitrogen and oxygen atoms in total. The number of carboxylic acids is 1. The summed E-state index contributed by atoms with van der Waals surface area (Å²) in [7, 11) is 5.70. The van der Waals surface area contributed by atoms with Gasteiger partial charge >= 0.3 is 5.97 Å². The Bertz CT molecular complexity index is 1060. The molecular formula is C32H51N3O6. The van der Waals surface area contributed by atoms with Crippen LogP contribution in [0.25, 0.3) is 0 Å². The van der Waals surface area contributed by atoms with Crippen LogP contribution in [0.5, 0.6) is 17.2 Å². The number of nitrogens with zero attached hydrogens (tertiary/aromatic N) is 3. The molecule has 2 aliphatic heterocycles. The molecule has 2 heterocycles. The van der Waals surface area contributed by atoms with Gasteiger partial charge in [-0.3, -0.25) is 14.5 Å². The fourth-order valence-electron chi connectivity index (χ4n) is 6.22. The minimum Gasteiger partial charge on any atom is -0.493 e. The van der Waals surface area contributed by atoms with Gasteiger partial charge in [0.25, 0.3) is 0 Å². The number of fused-ring (bicyclic) bond motifs is 1. The van der Waals surface area contributed by atoms with Crippen LogP contribution in [0, 0.1) is 11.3 Å². The molecule has 0 aromatic heterocycles. The van der Waals surface area contributed by atoms with E-state index in [0.717, 1.165) is 50.9 Å². The van der Waals surface area contributed by atoms with Gasteiger partial charge in [-0.25, -0.2) is 0 Å². The fourth-order valence-corrected chi connectivity index (χ4v) is 6.22. The molecule has 2 aliphatic rings. The highest BCUT2D eigenvalue weighted by Crippen LogP contribution is 2.48. The number of rotatable bonds is 16. The van der Waals surface area contributed by atoms with Crippen molar-refractivity contribution in [2.75, 3.05) is 60.7 Å². The van der Waals surface area contributed by atoms with E-state index in [-0.39, 0.29) is 36.6 Å². The summed E-state index contributed by atoms with van der Waals surface area (Å²) >= 11 is 0. The second-order valence-corrected chi connectivity index (χ2v) is 12.4. The molecule has 41 heavy (non-hydrogen) atoms. The van der Waals surface area contributed by atoms with Crippen LogP contribution in [0.3, 0.4) is 0 Å². The maximum absolute atomic E-state index is 13.8. The molecule has 3 rings (SSSR count). The predicted octanol–water partition coefficient (Wildman–Crippen LogP) is 4.86. The van der Waals surface area contributed by atoms with E-state index in [1.165, 1.54) is 0 Å². The van der Waals surface area contributed by atoms with Crippen molar-refractivity contribution in [2.45, 2.75) is 71.8 Å². The van der Waals surface area contributed by atoms with Gasteiger partial charge in [0.05, 0.1) is 19.6 Å². The van der Waals surface area contributed by atoms with Crippen LogP contribution in [-0.4, -0.2) is 98.4 Å². The molecular weight excluding hydrogens is 522 g/mol. The molecule has 9 heteroatoms. The number of methoxy groups -OCH3 is 1. The monoisotopic (exact) mass is 573 g/mol. The molecule has 1 saturated heterocycles. The third kappa shape index (κ3) is 8.61. The van der Waals surface area contributed by atoms with Crippen molar-refractivity contribution >= 4 is 11.9 Å². The van der Waals surface area contributed by atoms with Gasteiger partial charge in [-0.2, -0.15) is 0 Å². The first-order valence-corrected chi connectivity index (χ1v) is 15.0. The van der Waals surface area contributed by atoms with E-state index in [0.29, 0.717) is 30.2 Å². The van der Waals surface area contributed by atoms with Crippen LogP contribution in [0.1, 0.15) is 71.3 Å². The minimum atomic E-state index is -0.852. The average molecular weight is 574 g/mol. The minimum absolute atomic E-state index is 0.0743. The van der Waals surface area contributed by atoms with Crippen LogP contribution >= 0.6 is 0 Å². The predicted molar refractivity (Wildman–Crippen MR) is 161 cm³/mol. The Morgan fingerprint density at radius 3 is 2.49 bits per heavy atom. The lowest BCUT2D eigenvalue weighted by Crippen LogP contribution is -2.46. The largest absolute Gasteiger partial charge is 0.493 e. The van der Waals surface area contributed by atoms with Crippen LogP contribution in [0.4, 0.5) is 0 Å². The van der Waals surface area contributed by atoms with E-state index in [4.69, 9.17) is 14.2 Å². The summed E-state index contributed by atoms with van der Waals surface area (Å²) in [6.07, 6.45) is 8.71. The van der Waals surface area contributed by atoms with E-state index < -0.39 is 11.9 Å². The number of hydrogen-bond acceptors (Lipinski definition) is 7. The Labute approximate surface area is 246 Å².